The monoisotopic (exact) mass is 847 g/mol. The number of carbonyl (C=O) groups is 2. The summed E-state index contributed by atoms with van der Waals surface area (Å²) in [6.45, 7) is 5.96. The van der Waals surface area contributed by atoms with Crippen LogP contribution >= 0.6 is 7.82 Å². The average molecular weight is 847 g/mol. The van der Waals surface area contributed by atoms with Crippen molar-refractivity contribution < 1.29 is 42.1 Å². The van der Waals surface area contributed by atoms with E-state index in [1.165, 1.54) is 173 Å². The second-order valence-corrected chi connectivity index (χ2v) is 20.1. The Hall–Kier alpha value is -0.990. The van der Waals surface area contributed by atoms with E-state index >= 15 is 0 Å². The lowest BCUT2D eigenvalue weighted by molar-refractivity contribution is -0.870. The molecular weight excluding hydrogens is 750 g/mol. The first-order valence-corrected chi connectivity index (χ1v) is 26.1. The Morgan fingerprint density at radius 2 is 0.793 bits per heavy atom. The van der Waals surface area contributed by atoms with Crippen molar-refractivity contribution in [1.29, 1.82) is 0 Å². The molecule has 1 unspecified atom stereocenters. The maximum atomic E-state index is 12.9. The van der Waals surface area contributed by atoms with Crippen molar-refractivity contribution >= 4 is 19.8 Å². The van der Waals surface area contributed by atoms with Crippen LogP contribution in [0, 0.1) is 0 Å². The highest BCUT2D eigenvalue weighted by Crippen LogP contribution is 2.44. The average Bonchev–Trinajstić information content (AvgIpc) is 3.17. The van der Waals surface area contributed by atoms with Crippen LogP contribution in [0.4, 0.5) is 0 Å². The quantitative estimate of drug-likeness (QED) is 0.0279. The predicted molar refractivity (Wildman–Crippen MR) is 243 cm³/mol. The number of hydrogen-bond donors (Lipinski definition) is 1. The van der Waals surface area contributed by atoms with Crippen LogP contribution in [0.15, 0.2) is 0 Å². The third-order valence-electron chi connectivity index (χ3n) is 11.2. The van der Waals surface area contributed by atoms with Crippen molar-refractivity contribution in [2.75, 3.05) is 47.5 Å². The molecule has 58 heavy (non-hydrogen) atoms. The molecule has 10 heteroatoms. The van der Waals surface area contributed by atoms with Crippen LogP contribution in [-0.4, -0.2) is 74.4 Å². The van der Waals surface area contributed by atoms with Crippen molar-refractivity contribution in [3.63, 3.8) is 0 Å². The molecule has 0 aliphatic carbocycles. The van der Waals surface area contributed by atoms with Crippen molar-refractivity contribution in [1.82, 2.24) is 0 Å². The topological polar surface area (TPSA) is 108 Å². The van der Waals surface area contributed by atoms with E-state index in [4.69, 9.17) is 18.5 Å². The Kier molecular flexibility index (Phi) is 38.2. The third kappa shape index (κ3) is 41.7. The maximum Gasteiger partial charge on any atom is 0.472 e. The third-order valence-corrected chi connectivity index (χ3v) is 12.1. The lowest BCUT2D eigenvalue weighted by Gasteiger charge is -2.30. The largest absolute Gasteiger partial charge is 0.472 e. The Morgan fingerprint density at radius 1 is 0.483 bits per heavy atom. The van der Waals surface area contributed by atoms with Crippen molar-refractivity contribution in [3.05, 3.63) is 0 Å². The van der Waals surface area contributed by atoms with Gasteiger partial charge < -0.3 is 18.9 Å². The number of nitrogens with zero attached hydrogens (tertiary/aromatic N) is 1. The second kappa shape index (κ2) is 38.9. The molecule has 0 aromatic carbocycles. The van der Waals surface area contributed by atoms with Crippen LogP contribution in [0.1, 0.15) is 245 Å². The summed E-state index contributed by atoms with van der Waals surface area (Å²) in [4.78, 5) is 35.9. The first kappa shape index (κ1) is 57.0. The molecule has 0 spiro atoms. The summed E-state index contributed by atoms with van der Waals surface area (Å²) < 4.78 is 34.9. The standard InChI is InChI=1S/C48H96NO8P/c1-7-9-11-13-15-17-19-21-22-23-24-25-26-27-28-29-31-32-34-36-38-40-46(50)54-44-48(3,45-56-58(52,53)55-43-42-49(4,5)6)57-47(51)41-39-37-35-33-30-20-18-16-14-12-10-8-2/h7-45H2,1-6H3/p+1/t48-/m1/s1. The van der Waals surface area contributed by atoms with Crippen LogP contribution < -0.4 is 0 Å². The van der Waals surface area contributed by atoms with E-state index < -0.39 is 26.0 Å². The summed E-state index contributed by atoms with van der Waals surface area (Å²) in [7, 11) is 1.46. The highest BCUT2D eigenvalue weighted by atomic mass is 31.2. The SMILES string of the molecule is CCCCCCCCCCCCCCCCCCCCCCCC(=O)OC[C@](C)(COP(=O)(O)OCC[N+](C)(C)C)OC(=O)CCCCCCCCCCCCCC. The van der Waals surface area contributed by atoms with Crippen molar-refractivity contribution in [2.45, 2.75) is 251 Å². The molecule has 9 nitrogen and oxygen atoms in total. The first-order chi connectivity index (χ1) is 27.8. The van der Waals surface area contributed by atoms with E-state index in [2.05, 4.69) is 13.8 Å². The number of hydrogen-bond acceptors (Lipinski definition) is 7. The molecule has 0 aromatic heterocycles. The first-order valence-electron chi connectivity index (χ1n) is 24.6. The van der Waals surface area contributed by atoms with Gasteiger partial charge in [0.15, 0.2) is 5.60 Å². The molecule has 346 valence electrons. The molecule has 0 saturated heterocycles. The zero-order valence-corrected chi connectivity index (χ0v) is 40.2. The minimum absolute atomic E-state index is 0.0290. The minimum atomic E-state index is -4.41. The van der Waals surface area contributed by atoms with Crippen LogP contribution in [0.25, 0.3) is 0 Å². The summed E-state index contributed by atoms with van der Waals surface area (Å²) in [5.74, 6) is -0.801. The molecule has 0 aromatic rings. The summed E-state index contributed by atoms with van der Waals surface area (Å²) in [5.41, 5.74) is -1.42. The smallest absolute Gasteiger partial charge is 0.461 e. The van der Waals surface area contributed by atoms with E-state index in [1.807, 2.05) is 21.1 Å². The van der Waals surface area contributed by atoms with Gasteiger partial charge >= 0.3 is 19.8 Å². The fourth-order valence-corrected chi connectivity index (χ4v) is 8.05. The molecule has 0 bridgehead atoms. The van der Waals surface area contributed by atoms with E-state index in [1.54, 1.807) is 6.92 Å². The van der Waals surface area contributed by atoms with Gasteiger partial charge in [-0.25, -0.2) is 4.57 Å². The summed E-state index contributed by atoms with van der Waals surface area (Å²) in [5, 5.41) is 0. The van der Waals surface area contributed by atoms with Gasteiger partial charge in [0.25, 0.3) is 0 Å². The van der Waals surface area contributed by atoms with Crippen LogP contribution in [0.3, 0.4) is 0 Å². The van der Waals surface area contributed by atoms with E-state index in [0.29, 0.717) is 17.4 Å². The Bertz CT molecular complexity index is 989. The lowest BCUT2D eigenvalue weighted by Crippen LogP contribution is -2.42. The fourth-order valence-electron chi connectivity index (χ4n) is 7.23. The number of carbonyl (C=O) groups excluding carboxylic acids is 2. The molecule has 0 aliphatic heterocycles. The van der Waals surface area contributed by atoms with E-state index in [9.17, 15) is 19.0 Å². The summed E-state index contributed by atoms with van der Waals surface area (Å²) >= 11 is 0. The molecule has 2 atom stereocenters. The second-order valence-electron chi connectivity index (χ2n) is 18.6. The number of phosphoric acid groups is 1. The highest BCUT2D eigenvalue weighted by Gasteiger charge is 2.35. The van der Waals surface area contributed by atoms with Gasteiger partial charge in [-0.15, -0.1) is 0 Å². The summed E-state index contributed by atoms with van der Waals surface area (Å²) in [6, 6.07) is 0. The van der Waals surface area contributed by atoms with Gasteiger partial charge in [0.2, 0.25) is 0 Å². The molecule has 0 heterocycles. The van der Waals surface area contributed by atoms with Crippen molar-refractivity contribution in [3.8, 4) is 0 Å². The fraction of sp³-hybridized carbons (Fsp3) is 0.958. The normalized spacial score (nSPS) is 14.0. The zero-order valence-electron chi connectivity index (χ0n) is 39.3. The van der Waals surface area contributed by atoms with Gasteiger partial charge in [-0.3, -0.25) is 18.6 Å². The predicted octanol–water partition coefficient (Wildman–Crippen LogP) is 14.4. The molecular formula is C48H97NO8P+. The molecule has 0 fully saturated rings. The van der Waals surface area contributed by atoms with Crippen LogP contribution in [-0.2, 0) is 32.7 Å². The highest BCUT2D eigenvalue weighted by molar-refractivity contribution is 7.47. The molecule has 1 N–H and O–H groups in total. The van der Waals surface area contributed by atoms with Gasteiger partial charge in [-0.2, -0.15) is 0 Å². The molecule has 0 saturated carbocycles. The number of phosphoric ester groups is 1. The van der Waals surface area contributed by atoms with Crippen molar-refractivity contribution in [2.24, 2.45) is 0 Å². The lowest BCUT2D eigenvalue weighted by atomic mass is 10.0. The van der Waals surface area contributed by atoms with Gasteiger partial charge in [-0.05, 0) is 19.8 Å². The number of rotatable bonds is 45. The Balaban J connectivity index is 4.29. The van der Waals surface area contributed by atoms with Gasteiger partial charge in [0.1, 0.15) is 26.4 Å². The number of unbranched alkanes of at least 4 members (excludes halogenated alkanes) is 31. The molecule has 0 aliphatic rings. The number of ether oxygens (including phenoxy) is 2. The minimum Gasteiger partial charge on any atom is -0.461 e. The molecule has 0 radical (unpaired) electrons. The van der Waals surface area contributed by atoms with E-state index in [0.717, 1.165) is 32.1 Å². The van der Waals surface area contributed by atoms with Crippen LogP contribution in [0.2, 0.25) is 0 Å². The number of quaternary nitrogens is 1. The van der Waals surface area contributed by atoms with Gasteiger partial charge in [-0.1, -0.05) is 213 Å². The zero-order chi connectivity index (χ0) is 43.1. The summed E-state index contributed by atoms with van der Waals surface area (Å²) in [6.07, 6.45) is 42.4. The Morgan fingerprint density at radius 3 is 1.12 bits per heavy atom. The number of likely N-dealkylation sites (N-methyl/N-ethyl adjacent to an activating group) is 1. The van der Waals surface area contributed by atoms with Gasteiger partial charge in [0.05, 0.1) is 21.1 Å². The molecule has 0 rings (SSSR count). The van der Waals surface area contributed by atoms with Crippen LogP contribution in [0.5, 0.6) is 0 Å². The maximum absolute atomic E-state index is 12.9. The molecule has 0 amide bonds. The Labute approximate surface area is 359 Å². The van der Waals surface area contributed by atoms with E-state index in [-0.39, 0.29) is 32.0 Å². The van der Waals surface area contributed by atoms with Gasteiger partial charge in [0, 0.05) is 12.8 Å². The number of esters is 2.